The van der Waals surface area contributed by atoms with Crippen molar-refractivity contribution in [3.05, 3.63) is 26.2 Å². The Hall–Kier alpha value is -0.210. The van der Waals surface area contributed by atoms with Crippen LogP contribution in [0.2, 0.25) is 0 Å². The molecule has 0 aliphatic heterocycles. The summed E-state index contributed by atoms with van der Waals surface area (Å²) in [5.74, 6) is 3.25. The topological polar surface area (TPSA) is 9.23 Å². The molecule has 0 amide bonds. The summed E-state index contributed by atoms with van der Waals surface area (Å²) in [5, 5.41) is 0. The first-order valence-electron chi connectivity index (χ1n) is 3.25. The number of rotatable bonds is 2. The molecule has 0 unspecified atom stereocenters. The summed E-state index contributed by atoms with van der Waals surface area (Å²) >= 11 is 5.57. The Bertz CT molecular complexity index is 317. The second kappa shape index (κ2) is 4.73. The molecule has 0 aliphatic rings. The van der Waals surface area contributed by atoms with Crippen molar-refractivity contribution in [3.8, 4) is 18.1 Å². The minimum atomic E-state index is 0.317. The van der Waals surface area contributed by atoms with E-state index in [1.165, 1.54) is 0 Å². The highest BCUT2D eigenvalue weighted by molar-refractivity contribution is 14.1. The third kappa shape index (κ3) is 2.68. The third-order valence-electron chi connectivity index (χ3n) is 1.20. The Labute approximate surface area is 93.8 Å². The van der Waals surface area contributed by atoms with E-state index in [4.69, 9.17) is 11.2 Å². The third-order valence-corrected chi connectivity index (χ3v) is 2.54. The van der Waals surface area contributed by atoms with Crippen molar-refractivity contribution in [1.82, 2.24) is 0 Å². The fraction of sp³-hybridized carbons (Fsp3) is 0.111. The molecule has 1 aromatic carbocycles. The molecular weight excluding hydrogens is 331 g/mol. The lowest BCUT2D eigenvalue weighted by Crippen LogP contribution is -1.94. The molecule has 1 aromatic rings. The van der Waals surface area contributed by atoms with Crippen LogP contribution in [0, 0.1) is 15.9 Å². The van der Waals surface area contributed by atoms with Crippen LogP contribution >= 0.6 is 38.5 Å². The van der Waals surface area contributed by atoms with E-state index in [0.29, 0.717) is 6.61 Å². The van der Waals surface area contributed by atoms with Crippen LogP contribution in [0.3, 0.4) is 0 Å². The largest absolute Gasteiger partial charge is 0.480 e. The first-order valence-corrected chi connectivity index (χ1v) is 5.12. The molecule has 1 nitrogen and oxygen atoms in total. The molecule has 0 aromatic heterocycles. The maximum Gasteiger partial charge on any atom is 0.148 e. The average molecular weight is 337 g/mol. The monoisotopic (exact) mass is 336 g/mol. The van der Waals surface area contributed by atoms with Gasteiger partial charge in [-0.15, -0.1) is 6.42 Å². The molecule has 1 rings (SSSR count). The number of hydrogen-bond acceptors (Lipinski definition) is 1. The molecule has 0 spiro atoms. The minimum absolute atomic E-state index is 0.317. The predicted octanol–water partition coefficient (Wildman–Crippen LogP) is 3.07. The predicted molar refractivity (Wildman–Crippen MR) is 61.2 cm³/mol. The lowest BCUT2D eigenvalue weighted by Gasteiger charge is -2.04. The van der Waals surface area contributed by atoms with Crippen LogP contribution in [0.5, 0.6) is 5.75 Å². The molecular formula is C9H6BrIO. The van der Waals surface area contributed by atoms with Crippen molar-refractivity contribution in [2.75, 3.05) is 6.61 Å². The molecule has 0 saturated heterocycles. The van der Waals surface area contributed by atoms with Gasteiger partial charge in [0.05, 0.1) is 3.57 Å². The van der Waals surface area contributed by atoms with E-state index in [-0.39, 0.29) is 0 Å². The summed E-state index contributed by atoms with van der Waals surface area (Å²) in [5.41, 5.74) is 0. The zero-order valence-electron chi connectivity index (χ0n) is 6.18. The van der Waals surface area contributed by atoms with Crippen LogP contribution in [0.25, 0.3) is 0 Å². The van der Waals surface area contributed by atoms with Crippen LogP contribution in [-0.2, 0) is 0 Å². The molecule has 12 heavy (non-hydrogen) atoms. The Morgan fingerprint density at radius 2 is 2.33 bits per heavy atom. The molecule has 0 atom stereocenters. The van der Waals surface area contributed by atoms with E-state index < -0.39 is 0 Å². The summed E-state index contributed by atoms with van der Waals surface area (Å²) in [6.07, 6.45) is 5.07. The number of ether oxygens (including phenoxy) is 1. The molecule has 0 N–H and O–H groups in total. The maximum absolute atomic E-state index is 5.28. The zero-order valence-corrected chi connectivity index (χ0v) is 9.92. The highest BCUT2D eigenvalue weighted by atomic mass is 127. The van der Waals surface area contributed by atoms with Crippen molar-refractivity contribution in [2.45, 2.75) is 0 Å². The maximum atomic E-state index is 5.28. The van der Waals surface area contributed by atoms with Gasteiger partial charge in [0, 0.05) is 4.47 Å². The van der Waals surface area contributed by atoms with Gasteiger partial charge in [0.15, 0.2) is 0 Å². The molecule has 0 bridgehead atoms. The number of halogens is 2. The van der Waals surface area contributed by atoms with Crippen molar-refractivity contribution >= 4 is 38.5 Å². The average Bonchev–Trinajstić information content (AvgIpc) is 2.03. The van der Waals surface area contributed by atoms with Crippen LogP contribution < -0.4 is 4.74 Å². The second-order valence-corrected chi connectivity index (χ2v) is 4.15. The summed E-state index contributed by atoms with van der Waals surface area (Å²) in [6, 6.07) is 5.80. The zero-order chi connectivity index (χ0) is 8.97. The van der Waals surface area contributed by atoms with E-state index in [2.05, 4.69) is 44.4 Å². The van der Waals surface area contributed by atoms with E-state index in [1.54, 1.807) is 0 Å². The minimum Gasteiger partial charge on any atom is -0.480 e. The summed E-state index contributed by atoms with van der Waals surface area (Å²) < 4.78 is 7.37. The smallest absolute Gasteiger partial charge is 0.148 e. The van der Waals surface area contributed by atoms with Crippen LogP contribution in [0.1, 0.15) is 0 Å². The van der Waals surface area contributed by atoms with Crippen LogP contribution in [0.15, 0.2) is 22.7 Å². The Balaban J connectivity index is 2.81. The quantitative estimate of drug-likeness (QED) is 0.596. The first kappa shape index (κ1) is 9.87. The molecule has 0 fully saturated rings. The summed E-state index contributed by atoms with van der Waals surface area (Å²) in [4.78, 5) is 0. The highest BCUT2D eigenvalue weighted by Gasteiger charge is 1.99. The fourth-order valence-electron chi connectivity index (χ4n) is 0.712. The number of terminal acetylenes is 1. The lowest BCUT2D eigenvalue weighted by molar-refractivity contribution is 0.367. The fourth-order valence-corrected chi connectivity index (χ4v) is 2.17. The van der Waals surface area contributed by atoms with Crippen molar-refractivity contribution in [1.29, 1.82) is 0 Å². The van der Waals surface area contributed by atoms with E-state index >= 15 is 0 Å². The van der Waals surface area contributed by atoms with Crippen molar-refractivity contribution < 1.29 is 4.74 Å². The van der Waals surface area contributed by atoms with E-state index in [9.17, 15) is 0 Å². The van der Waals surface area contributed by atoms with Gasteiger partial charge < -0.3 is 4.74 Å². The molecule has 62 valence electrons. The molecule has 3 heteroatoms. The van der Waals surface area contributed by atoms with Gasteiger partial charge in [-0.3, -0.25) is 0 Å². The van der Waals surface area contributed by atoms with Crippen molar-refractivity contribution in [2.24, 2.45) is 0 Å². The summed E-state index contributed by atoms with van der Waals surface area (Å²) in [6.45, 7) is 0.317. The standard InChI is InChI=1S/C9H6BrIO/c1-2-5-12-9-4-3-7(10)6-8(9)11/h1,3-4,6H,5H2. The molecule has 0 saturated carbocycles. The van der Waals surface area contributed by atoms with Crippen molar-refractivity contribution in [3.63, 3.8) is 0 Å². The molecule has 0 aliphatic carbocycles. The Morgan fingerprint density at radius 3 is 2.92 bits per heavy atom. The van der Waals surface area contributed by atoms with Gasteiger partial charge in [0.1, 0.15) is 12.4 Å². The highest BCUT2D eigenvalue weighted by Crippen LogP contribution is 2.24. The second-order valence-electron chi connectivity index (χ2n) is 2.07. The summed E-state index contributed by atoms with van der Waals surface area (Å²) in [7, 11) is 0. The Kier molecular flexibility index (Phi) is 3.89. The normalized spacial score (nSPS) is 9.08. The Morgan fingerprint density at radius 1 is 1.58 bits per heavy atom. The van der Waals surface area contributed by atoms with Crippen LogP contribution in [-0.4, -0.2) is 6.61 Å². The number of benzene rings is 1. The SMILES string of the molecule is C#CCOc1ccc(Br)cc1I. The molecule has 0 heterocycles. The number of hydrogen-bond donors (Lipinski definition) is 0. The van der Waals surface area contributed by atoms with Gasteiger partial charge in [-0.05, 0) is 40.8 Å². The van der Waals surface area contributed by atoms with Gasteiger partial charge >= 0.3 is 0 Å². The van der Waals surface area contributed by atoms with Gasteiger partial charge in [-0.25, -0.2) is 0 Å². The van der Waals surface area contributed by atoms with Gasteiger partial charge in [0.2, 0.25) is 0 Å². The van der Waals surface area contributed by atoms with Gasteiger partial charge in [0.25, 0.3) is 0 Å². The lowest BCUT2D eigenvalue weighted by atomic mass is 10.3. The first-order chi connectivity index (χ1) is 5.74. The van der Waals surface area contributed by atoms with E-state index in [1.807, 2.05) is 18.2 Å². The van der Waals surface area contributed by atoms with Gasteiger partial charge in [-0.2, -0.15) is 0 Å². The van der Waals surface area contributed by atoms with Gasteiger partial charge in [-0.1, -0.05) is 21.9 Å². The van der Waals surface area contributed by atoms with Crippen LogP contribution in [0.4, 0.5) is 0 Å². The molecule has 0 radical (unpaired) electrons. The van der Waals surface area contributed by atoms with E-state index in [0.717, 1.165) is 13.8 Å².